The molecular formula is C17H30N2. The number of hydrogen-bond donors (Lipinski definition) is 1. The predicted molar refractivity (Wildman–Crippen MR) is 84.4 cm³/mol. The van der Waals surface area contributed by atoms with Crippen LogP contribution in [0.1, 0.15) is 57.2 Å². The van der Waals surface area contributed by atoms with Crippen molar-refractivity contribution in [2.75, 3.05) is 14.1 Å². The maximum Gasteiger partial charge on any atom is 0.0342 e. The molecule has 0 aromatic heterocycles. The lowest BCUT2D eigenvalue weighted by Crippen LogP contribution is -2.33. The summed E-state index contributed by atoms with van der Waals surface area (Å²) in [6.45, 7) is 6.42. The Balaban J connectivity index is 2.75. The fraction of sp³-hybridized carbons (Fsp3) is 0.647. The molecule has 0 radical (unpaired) electrons. The highest BCUT2D eigenvalue weighted by Crippen LogP contribution is 2.26. The summed E-state index contributed by atoms with van der Waals surface area (Å²) in [4.78, 5) is 2.29. The van der Waals surface area contributed by atoms with E-state index in [0.717, 1.165) is 12.8 Å². The molecule has 0 bridgehead atoms. The van der Waals surface area contributed by atoms with Crippen LogP contribution in [0.3, 0.4) is 0 Å². The van der Waals surface area contributed by atoms with E-state index in [2.05, 4.69) is 64.0 Å². The molecule has 0 saturated carbocycles. The molecule has 0 heterocycles. The maximum atomic E-state index is 6.11. The molecule has 0 aliphatic heterocycles. The number of hydrogen-bond acceptors (Lipinski definition) is 2. The molecule has 0 aliphatic rings. The van der Waals surface area contributed by atoms with Crippen LogP contribution in [0.4, 0.5) is 0 Å². The molecule has 2 N–H and O–H groups in total. The summed E-state index contributed by atoms with van der Waals surface area (Å²) in [7, 11) is 4.29. The zero-order chi connectivity index (χ0) is 14.5. The average molecular weight is 262 g/mol. The molecular weight excluding hydrogens is 232 g/mol. The summed E-state index contributed by atoms with van der Waals surface area (Å²) in [6.07, 6.45) is 4.51. The van der Waals surface area contributed by atoms with Gasteiger partial charge in [0.05, 0.1) is 0 Å². The van der Waals surface area contributed by atoms with Crippen molar-refractivity contribution in [1.82, 2.24) is 4.90 Å². The fourth-order valence-corrected chi connectivity index (χ4v) is 2.43. The Labute approximate surface area is 119 Å². The first-order valence-electron chi connectivity index (χ1n) is 7.37. The van der Waals surface area contributed by atoms with E-state index in [1.54, 1.807) is 0 Å². The molecule has 1 unspecified atom stereocenters. The molecule has 2 heteroatoms. The lowest BCUT2D eigenvalue weighted by atomic mass is 9.92. The SMILES string of the molecule is CCCc1ccc(C(CCC(C)(C)N)N(C)C)cc1. The molecule has 2 nitrogen and oxygen atoms in total. The lowest BCUT2D eigenvalue weighted by molar-refractivity contribution is 0.261. The zero-order valence-corrected chi connectivity index (χ0v) is 13.2. The van der Waals surface area contributed by atoms with Crippen molar-refractivity contribution >= 4 is 0 Å². The molecule has 0 spiro atoms. The van der Waals surface area contributed by atoms with Gasteiger partial charge < -0.3 is 10.6 Å². The van der Waals surface area contributed by atoms with Crippen LogP contribution < -0.4 is 5.73 Å². The van der Waals surface area contributed by atoms with Crippen LogP contribution in [0, 0.1) is 0 Å². The van der Waals surface area contributed by atoms with Crippen LogP contribution in [0.25, 0.3) is 0 Å². The van der Waals surface area contributed by atoms with Crippen molar-refractivity contribution in [3.05, 3.63) is 35.4 Å². The van der Waals surface area contributed by atoms with Gasteiger partial charge in [0, 0.05) is 11.6 Å². The third kappa shape index (κ3) is 5.75. The maximum absolute atomic E-state index is 6.11. The topological polar surface area (TPSA) is 29.3 Å². The van der Waals surface area contributed by atoms with Gasteiger partial charge in [-0.05, 0) is 58.3 Å². The number of nitrogens with zero attached hydrogens (tertiary/aromatic N) is 1. The van der Waals surface area contributed by atoms with Crippen LogP contribution in [-0.2, 0) is 6.42 Å². The zero-order valence-electron chi connectivity index (χ0n) is 13.2. The minimum atomic E-state index is -0.0869. The standard InChI is InChI=1S/C17H30N2/c1-6-7-14-8-10-15(11-9-14)16(19(4)5)12-13-17(2,3)18/h8-11,16H,6-7,12-13,18H2,1-5H3. The highest BCUT2D eigenvalue weighted by Gasteiger charge is 2.18. The van der Waals surface area contributed by atoms with Crippen molar-refractivity contribution < 1.29 is 0 Å². The van der Waals surface area contributed by atoms with Gasteiger partial charge in [-0.15, -0.1) is 0 Å². The van der Waals surface area contributed by atoms with E-state index in [0.29, 0.717) is 6.04 Å². The van der Waals surface area contributed by atoms with Crippen LogP contribution in [0.2, 0.25) is 0 Å². The molecule has 0 aliphatic carbocycles. The van der Waals surface area contributed by atoms with Gasteiger partial charge in [-0.2, -0.15) is 0 Å². The Morgan fingerprint density at radius 1 is 1.16 bits per heavy atom. The van der Waals surface area contributed by atoms with E-state index in [1.165, 1.54) is 24.0 Å². The van der Waals surface area contributed by atoms with Gasteiger partial charge in [-0.1, -0.05) is 37.6 Å². The van der Waals surface area contributed by atoms with Gasteiger partial charge in [0.25, 0.3) is 0 Å². The second kappa shape index (κ2) is 7.06. The summed E-state index contributed by atoms with van der Waals surface area (Å²) in [5, 5.41) is 0. The Morgan fingerprint density at radius 2 is 1.74 bits per heavy atom. The number of aryl methyl sites for hydroxylation is 1. The van der Waals surface area contributed by atoms with Crippen molar-refractivity contribution in [3.63, 3.8) is 0 Å². The van der Waals surface area contributed by atoms with Crippen molar-refractivity contribution in [3.8, 4) is 0 Å². The smallest absolute Gasteiger partial charge is 0.0342 e. The summed E-state index contributed by atoms with van der Waals surface area (Å²) in [5.41, 5.74) is 8.85. The van der Waals surface area contributed by atoms with Crippen LogP contribution >= 0.6 is 0 Å². The van der Waals surface area contributed by atoms with Gasteiger partial charge in [-0.3, -0.25) is 0 Å². The molecule has 0 amide bonds. The third-order valence-electron chi connectivity index (χ3n) is 3.59. The van der Waals surface area contributed by atoms with Gasteiger partial charge in [0.2, 0.25) is 0 Å². The fourth-order valence-electron chi connectivity index (χ4n) is 2.43. The molecule has 1 atom stereocenters. The van der Waals surface area contributed by atoms with Gasteiger partial charge in [0.1, 0.15) is 0 Å². The first-order valence-corrected chi connectivity index (χ1v) is 7.37. The Bertz CT molecular complexity index is 360. The van der Waals surface area contributed by atoms with E-state index < -0.39 is 0 Å². The van der Waals surface area contributed by atoms with Crippen LogP contribution in [0.5, 0.6) is 0 Å². The molecule has 1 rings (SSSR count). The number of benzene rings is 1. The van der Waals surface area contributed by atoms with Crippen molar-refractivity contribution in [2.24, 2.45) is 5.73 Å². The largest absolute Gasteiger partial charge is 0.326 e. The first-order chi connectivity index (χ1) is 8.83. The van der Waals surface area contributed by atoms with Crippen LogP contribution in [0.15, 0.2) is 24.3 Å². The summed E-state index contributed by atoms with van der Waals surface area (Å²) >= 11 is 0. The minimum absolute atomic E-state index is 0.0869. The molecule has 1 aromatic carbocycles. The predicted octanol–water partition coefficient (Wildman–Crippen LogP) is 3.76. The van der Waals surface area contributed by atoms with Gasteiger partial charge >= 0.3 is 0 Å². The lowest BCUT2D eigenvalue weighted by Gasteiger charge is -2.28. The Hall–Kier alpha value is -0.860. The highest BCUT2D eigenvalue weighted by molar-refractivity contribution is 5.25. The molecule has 0 saturated heterocycles. The average Bonchev–Trinajstić information content (AvgIpc) is 2.30. The second-order valence-corrected chi connectivity index (χ2v) is 6.50. The van der Waals surface area contributed by atoms with Crippen LogP contribution in [-0.4, -0.2) is 24.5 Å². The molecule has 108 valence electrons. The van der Waals surface area contributed by atoms with E-state index in [1.807, 2.05) is 0 Å². The van der Waals surface area contributed by atoms with Gasteiger partial charge in [0.15, 0.2) is 0 Å². The van der Waals surface area contributed by atoms with Crippen molar-refractivity contribution in [2.45, 2.75) is 58.0 Å². The van der Waals surface area contributed by atoms with Gasteiger partial charge in [-0.25, -0.2) is 0 Å². The summed E-state index contributed by atoms with van der Waals surface area (Å²) in [5.74, 6) is 0. The summed E-state index contributed by atoms with van der Waals surface area (Å²) in [6, 6.07) is 9.54. The van der Waals surface area contributed by atoms with Crippen molar-refractivity contribution in [1.29, 1.82) is 0 Å². The Kier molecular flexibility index (Phi) is 6.02. The monoisotopic (exact) mass is 262 g/mol. The molecule has 1 aromatic rings. The first kappa shape index (κ1) is 16.2. The normalized spacial score (nSPS) is 13.8. The molecule has 19 heavy (non-hydrogen) atoms. The quantitative estimate of drug-likeness (QED) is 0.810. The second-order valence-electron chi connectivity index (χ2n) is 6.50. The van der Waals surface area contributed by atoms with E-state index in [-0.39, 0.29) is 5.54 Å². The highest BCUT2D eigenvalue weighted by atomic mass is 15.1. The Morgan fingerprint density at radius 3 is 2.16 bits per heavy atom. The minimum Gasteiger partial charge on any atom is -0.326 e. The van der Waals surface area contributed by atoms with E-state index >= 15 is 0 Å². The van der Waals surface area contributed by atoms with E-state index in [4.69, 9.17) is 5.73 Å². The third-order valence-corrected chi connectivity index (χ3v) is 3.59. The van der Waals surface area contributed by atoms with E-state index in [9.17, 15) is 0 Å². The number of rotatable bonds is 7. The summed E-state index contributed by atoms with van der Waals surface area (Å²) < 4.78 is 0. The molecule has 0 fully saturated rings. The number of nitrogens with two attached hydrogens (primary N) is 1.